The van der Waals surface area contributed by atoms with Crippen LogP contribution in [0.4, 0.5) is 0 Å². The molecule has 1 aliphatic rings. The van der Waals surface area contributed by atoms with Gasteiger partial charge in [-0.2, -0.15) is 0 Å². The van der Waals surface area contributed by atoms with Gasteiger partial charge in [-0.3, -0.25) is 4.79 Å². The van der Waals surface area contributed by atoms with E-state index in [0.29, 0.717) is 13.0 Å². The van der Waals surface area contributed by atoms with Crippen LogP contribution in [0, 0.1) is 0 Å². The normalized spacial score (nSPS) is 36.0. The number of amides is 1. The summed E-state index contributed by atoms with van der Waals surface area (Å²) in [6.45, 7) is 2.46. The summed E-state index contributed by atoms with van der Waals surface area (Å²) < 4.78 is 0. The fraction of sp³-hybridized carbons (Fsp3) is 0.800. The predicted octanol–water partition coefficient (Wildman–Crippen LogP) is -0.497. The van der Waals surface area contributed by atoms with Crippen molar-refractivity contribution in [3.63, 3.8) is 0 Å². The van der Waals surface area contributed by atoms with E-state index in [2.05, 4.69) is 5.32 Å². The van der Waals surface area contributed by atoms with Crippen molar-refractivity contribution in [2.45, 2.75) is 11.8 Å². The molecule has 0 bridgehead atoms. The third-order valence-electron chi connectivity index (χ3n) is 1.56. The van der Waals surface area contributed by atoms with Gasteiger partial charge in [0.15, 0.2) is 5.34 Å². The summed E-state index contributed by atoms with van der Waals surface area (Å²) in [5.74, 6) is -0.205. The summed E-state index contributed by atoms with van der Waals surface area (Å²) >= 11 is 0. The molecule has 4 heteroatoms. The summed E-state index contributed by atoms with van der Waals surface area (Å²) in [5.41, 5.74) is 0. The standard InChI is InChI=1S/C5H10NO2P/c1-9-5(8)2-3-6-4(5)7/h8-9H,2-3H2,1H3,(H,6,7). The maximum absolute atomic E-state index is 10.8. The highest BCUT2D eigenvalue weighted by atomic mass is 31.1. The minimum atomic E-state index is -1.03. The summed E-state index contributed by atoms with van der Waals surface area (Å²) in [6.07, 6.45) is 0.570. The number of hydrogen-bond acceptors (Lipinski definition) is 2. The van der Waals surface area contributed by atoms with Gasteiger partial charge in [0.1, 0.15) is 0 Å². The number of aliphatic hydroxyl groups is 1. The molecule has 1 rings (SSSR count). The minimum Gasteiger partial charge on any atom is -0.376 e. The molecule has 1 heterocycles. The lowest BCUT2D eigenvalue weighted by Crippen LogP contribution is -2.32. The Balaban J connectivity index is 2.67. The zero-order valence-corrected chi connectivity index (χ0v) is 6.27. The second-order valence-electron chi connectivity index (χ2n) is 2.12. The predicted molar refractivity (Wildman–Crippen MR) is 36.8 cm³/mol. The lowest BCUT2D eigenvalue weighted by Gasteiger charge is -2.14. The van der Waals surface area contributed by atoms with Crippen LogP contribution in [0.5, 0.6) is 0 Å². The van der Waals surface area contributed by atoms with Crippen LogP contribution in [0.2, 0.25) is 0 Å². The van der Waals surface area contributed by atoms with Crippen molar-refractivity contribution in [1.29, 1.82) is 0 Å². The van der Waals surface area contributed by atoms with Crippen LogP contribution in [0.1, 0.15) is 6.42 Å². The van der Waals surface area contributed by atoms with E-state index in [1.54, 1.807) is 0 Å². The van der Waals surface area contributed by atoms with Gasteiger partial charge in [-0.25, -0.2) is 0 Å². The van der Waals surface area contributed by atoms with Gasteiger partial charge in [0, 0.05) is 13.0 Å². The molecule has 3 nitrogen and oxygen atoms in total. The van der Waals surface area contributed by atoms with Crippen LogP contribution in [0.25, 0.3) is 0 Å². The molecule has 1 amide bonds. The monoisotopic (exact) mass is 147 g/mol. The highest BCUT2D eigenvalue weighted by Gasteiger charge is 2.38. The van der Waals surface area contributed by atoms with Gasteiger partial charge in [-0.05, 0) is 6.66 Å². The Morgan fingerprint density at radius 1 is 1.89 bits per heavy atom. The molecule has 2 atom stereocenters. The molecule has 0 radical (unpaired) electrons. The largest absolute Gasteiger partial charge is 0.376 e. The molecule has 1 fully saturated rings. The van der Waals surface area contributed by atoms with Crippen LogP contribution in [0.3, 0.4) is 0 Å². The first-order chi connectivity index (χ1) is 4.19. The third-order valence-corrected chi connectivity index (χ3v) is 2.87. The average Bonchev–Trinajstić information content (AvgIpc) is 2.15. The van der Waals surface area contributed by atoms with E-state index in [0.717, 1.165) is 0 Å². The van der Waals surface area contributed by atoms with Crippen molar-refractivity contribution in [2.24, 2.45) is 0 Å². The van der Waals surface area contributed by atoms with Gasteiger partial charge in [0.25, 0.3) is 5.91 Å². The van der Waals surface area contributed by atoms with E-state index in [9.17, 15) is 9.90 Å². The van der Waals surface area contributed by atoms with Crippen LogP contribution in [-0.2, 0) is 4.79 Å². The zero-order chi connectivity index (χ0) is 6.91. The van der Waals surface area contributed by atoms with Gasteiger partial charge < -0.3 is 10.4 Å². The van der Waals surface area contributed by atoms with Crippen molar-refractivity contribution in [1.82, 2.24) is 5.32 Å². The van der Waals surface area contributed by atoms with Gasteiger partial charge in [-0.15, -0.1) is 0 Å². The van der Waals surface area contributed by atoms with E-state index in [1.165, 1.54) is 0 Å². The number of carbonyl (C=O) groups excluding carboxylic acids is 1. The van der Waals surface area contributed by atoms with E-state index in [1.807, 2.05) is 6.66 Å². The fourth-order valence-corrected chi connectivity index (χ4v) is 1.55. The molecule has 0 aliphatic carbocycles. The topological polar surface area (TPSA) is 49.3 Å². The summed E-state index contributed by atoms with van der Waals surface area (Å²) in [4.78, 5) is 10.8. The summed E-state index contributed by atoms with van der Waals surface area (Å²) in [5, 5.41) is 10.9. The second-order valence-corrected chi connectivity index (χ2v) is 3.44. The van der Waals surface area contributed by atoms with E-state index in [4.69, 9.17) is 0 Å². The van der Waals surface area contributed by atoms with Crippen molar-refractivity contribution in [3.8, 4) is 0 Å². The molecular weight excluding hydrogens is 137 g/mol. The Labute approximate surface area is 55.6 Å². The minimum absolute atomic E-state index is 0.205. The van der Waals surface area contributed by atoms with E-state index in [-0.39, 0.29) is 14.5 Å². The maximum Gasteiger partial charge on any atom is 0.256 e. The van der Waals surface area contributed by atoms with Crippen LogP contribution in [-0.4, -0.2) is 29.6 Å². The number of carbonyl (C=O) groups is 1. The number of nitrogens with one attached hydrogen (secondary N) is 1. The SMILES string of the molecule is CPC1(O)CCNC1=O. The first-order valence-corrected chi connectivity index (χ1v) is 4.38. The molecule has 9 heavy (non-hydrogen) atoms. The van der Waals surface area contributed by atoms with E-state index >= 15 is 0 Å². The van der Waals surface area contributed by atoms with Crippen molar-refractivity contribution < 1.29 is 9.90 Å². The highest BCUT2D eigenvalue weighted by molar-refractivity contribution is 7.40. The van der Waals surface area contributed by atoms with Crippen LogP contribution in [0.15, 0.2) is 0 Å². The van der Waals surface area contributed by atoms with Crippen molar-refractivity contribution in [3.05, 3.63) is 0 Å². The number of rotatable bonds is 1. The van der Waals surface area contributed by atoms with Crippen LogP contribution >= 0.6 is 8.58 Å². The Bertz CT molecular complexity index is 139. The molecule has 0 aromatic carbocycles. The highest BCUT2D eigenvalue weighted by Crippen LogP contribution is 2.31. The van der Waals surface area contributed by atoms with Crippen molar-refractivity contribution >= 4 is 14.5 Å². The van der Waals surface area contributed by atoms with Gasteiger partial charge in [0.05, 0.1) is 0 Å². The van der Waals surface area contributed by atoms with Gasteiger partial charge in [-0.1, -0.05) is 8.58 Å². The average molecular weight is 147 g/mol. The lowest BCUT2D eigenvalue weighted by atomic mass is 10.3. The Hall–Kier alpha value is -0.140. The molecular formula is C5H10NO2P. The second kappa shape index (κ2) is 2.24. The summed E-state index contributed by atoms with van der Waals surface area (Å²) in [7, 11) is 0.288. The molecule has 1 aliphatic heterocycles. The molecule has 2 N–H and O–H groups in total. The van der Waals surface area contributed by atoms with Crippen molar-refractivity contribution in [2.75, 3.05) is 13.2 Å². The quantitative estimate of drug-likeness (QED) is 0.491. The fourth-order valence-electron chi connectivity index (χ4n) is 0.855. The third kappa shape index (κ3) is 1.07. The Morgan fingerprint density at radius 2 is 2.56 bits per heavy atom. The summed E-state index contributed by atoms with van der Waals surface area (Å²) in [6, 6.07) is 0. The van der Waals surface area contributed by atoms with Crippen LogP contribution < -0.4 is 5.32 Å². The molecule has 1 saturated heterocycles. The lowest BCUT2D eigenvalue weighted by molar-refractivity contribution is -0.128. The maximum atomic E-state index is 10.8. The molecule has 0 saturated carbocycles. The molecule has 0 aromatic heterocycles. The van der Waals surface area contributed by atoms with E-state index < -0.39 is 5.34 Å². The smallest absolute Gasteiger partial charge is 0.256 e. The first kappa shape index (κ1) is 6.97. The number of hydrogen-bond donors (Lipinski definition) is 2. The molecule has 52 valence electrons. The Kier molecular flexibility index (Phi) is 1.73. The first-order valence-electron chi connectivity index (χ1n) is 2.88. The molecule has 0 spiro atoms. The zero-order valence-electron chi connectivity index (χ0n) is 5.27. The molecule has 0 aromatic rings. The van der Waals surface area contributed by atoms with Gasteiger partial charge >= 0.3 is 0 Å². The Morgan fingerprint density at radius 3 is 2.78 bits per heavy atom. The molecule has 2 unspecified atom stereocenters. The van der Waals surface area contributed by atoms with Gasteiger partial charge in [0.2, 0.25) is 0 Å².